The van der Waals surface area contributed by atoms with E-state index in [1.807, 2.05) is 12.1 Å². The number of nitrogens with one attached hydrogen (secondary N) is 1. The Bertz CT molecular complexity index is 400. The molecule has 1 aromatic carbocycles. The van der Waals surface area contributed by atoms with Gasteiger partial charge in [-0.2, -0.15) is 0 Å². The SMILES string of the molecule is COCCNCC1CCCCN1Cc1cccc(Cl)c1. The van der Waals surface area contributed by atoms with Gasteiger partial charge in [-0.05, 0) is 37.1 Å². The van der Waals surface area contributed by atoms with E-state index in [1.54, 1.807) is 7.11 Å². The molecule has 0 bridgehead atoms. The van der Waals surface area contributed by atoms with Crippen LogP contribution in [0.1, 0.15) is 24.8 Å². The Kier molecular flexibility index (Phi) is 6.80. The lowest BCUT2D eigenvalue weighted by Gasteiger charge is -2.36. The number of rotatable bonds is 7. The molecule has 1 fully saturated rings. The lowest BCUT2D eigenvalue weighted by molar-refractivity contribution is 0.133. The Hall–Kier alpha value is -0.610. The number of halogens is 1. The summed E-state index contributed by atoms with van der Waals surface area (Å²) in [7, 11) is 1.74. The number of ether oxygens (including phenoxy) is 1. The van der Waals surface area contributed by atoms with E-state index < -0.39 is 0 Å². The highest BCUT2D eigenvalue weighted by molar-refractivity contribution is 6.30. The summed E-state index contributed by atoms with van der Waals surface area (Å²) in [6.45, 7) is 4.93. The van der Waals surface area contributed by atoms with E-state index in [0.717, 1.165) is 31.3 Å². The molecule has 112 valence electrons. The lowest BCUT2D eigenvalue weighted by Crippen LogP contribution is -2.45. The third-order valence-corrected chi connectivity index (χ3v) is 4.12. The zero-order valence-corrected chi connectivity index (χ0v) is 13.0. The summed E-state index contributed by atoms with van der Waals surface area (Å²) in [5.41, 5.74) is 1.31. The molecule has 0 radical (unpaired) electrons. The Morgan fingerprint density at radius 1 is 1.40 bits per heavy atom. The number of piperidine rings is 1. The van der Waals surface area contributed by atoms with Crippen molar-refractivity contribution in [1.29, 1.82) is 0 Å². The molecule has 1 N–H and O–H groups in total. The molecule has 0 amide bonds. The van der Waals surface area contributed by atoms with E-state index in [-0.39, 0.29) is 0 Å². The molecule has 1 aliphatic heterocycles. The average molecular weight is 297 g/mol. The smallest absolute Gasteiger partial charge is 0.0587 e. The average Bonchev–Trinajstić information content (AvgIpc) is 2.45. The van der Waals surface area contributed by atoms with Crippen LogP contribution in [0.4, 0.5) is 0 Å². The molecule has 1 saturated heterocycles. The van der Waals surface area contributed by atoms with Gasteiger partial charge in [0.1, 0.15) is 0 Å². The molecule has 0 aliphatic carbocycles. The van der Waals surface area contributed by atoms with Crippen LogP contribution in [0.5, 0.6) is 0 Å². The van der Waals surface area contributed by atoms with Crippen LogP contribution in [-0.2, 0) is 11.3 Å². The second-order valence-corrected chi connectivity index (χ2v) is 5.88. The maximum absolute atomic E-state index is 6.07. The zero-order valence-electron chi connectivity index (χ0n) is 12.3. The predicted molar refractivity (Wildman–Crippen MR) is 84.2 cm³/mol. The van der Waals surface area contributed by atoms with Crippen molar-refractivity contribution in [3.05, 3.63) is 34.9 Å². The Morgan fingerprint density at radius 3 is 3.10 bits per heavy atom. The highest BCUT2D eigenvalue weighted by Gasteiger charge is 2.21. The van der Waals surface area contributed by atoms with Gasteiger partial charge in [0.15, 0.2) is 0 Å². The first-order valence-corrected chi connectivity index (χ1v) is 7.85. The number of benzene rings is 1. The third-order valence-electron chi connectivity index (χ3n) is 3.89. The van der Waals surface area contributed by atoms with Crippen molar-refractivity contribution in [3.63, 3.8) is 0 Å². The summed E-state index contributed by atoms with van der Waals surface area (Å²) in [6, 6.07) is 8.83. The summed E-state index contributed by atoms with van der Waals surface area (Å²) in [5.74, 6) is 0. The van der Waals surface area contributed by atoms with Crippen molar-refractivity contribution in [2.45, 2.75) is 31.8 Å². The Labute approximate surface area is 127 Å². The quantitative estimate of drug-likeness (QED) is 0.783. The largest absolute Gasteiger partial charge is 0.383 e. The molecule has 4 heteroatoms. The first kappa shape index (κ1) is 15.8. The van der Waals surface area contributed by atoms with Crippen LogP contribution in [0, 0.1) is 0 Å². The Morgan fingerprint density at radius 2 is 2.30 bits per heavy atom. The van der Waals surface area contributed by atoms with Crippen LogP contribution in [0.25, 0.3) is 0 Å². The van der Waals surface area contributed by atoms with Crippen LogP contribution < -0.4 is 5.32 Å². The molecule has 2 rings (SSSR count). The standard InChI is InChI=1S/C16H25ClN2O/c1-20-10-8-18-12-16-7-2-3-9-19(16)13-14-5-4-6-15(17)11-14/h4-6,11,16,18H,2-3,7-10,12-13H2,1H3. The minimum Gasteiger partial charge on any atom is -0.383 e. The minimum absolute atomic E-state index is 0.625. The van der Waals surface area contributed by atoms with Crippen molar-refractivity contribution >= 4 is 11.6 Å². The fourth-order valence-corrected chi connectivity index (χ4v) is 3.02. The summed E-state index contributed by atoms with van der Waals surface area (Å²) in [5, 5.41) is 4.32. The first-order chi connectivity index (χ1) is 9.79. The van der Waals surface area contributed by atoms with E-state index in [0.29, 0.717) is 6.04 Å². The summed E-state index contributed by atoms with van der Waals surface area (Å²) in [6.07, 6.45) is 3.92. The van der Waals surface area contributed by atoms with E-state index >= 15 is 0 Å². The molecule has 0 saturated carbocycles. The van der Waals surface area contributed by atoms with Gasteiger partial charge in [0.25, 0.3) is 0 Å². The van der Waals surface area contributed by atoms with Crippen molar-refractivity contribution < 1.29 is 4.74 Å². The van der Waals surface area contributed by atoms with Crippen LogP contribution in [0.15, 0.2) is 24.3 Å². The minimum atomic E-state index is 0.625. The monoisotopic (exact) mass is 296 g/mol. The number of hydrogen-bond donors (Lipinski definition) is 1. The highest BCUT2D eigenvalue weighted by atomic mass is 35.5. The molecule has 3 nitrogen and oxygen atoms in total. The highest BCUT2D eigenvalue weighted by Crippen LogP contribution is 2.20. The van der Waals surface area contributed by atoms with Crippen LogP contribution in [0.3, 0.4) is 0 Å². The molecule has 20 heavy (non-hydrogen) atoms. The molecular weight excluding hydrogens is 272 g/mol. The molecule has 0 spiro atoms. The van der Waals surface area contributed by atoms with Gasteiger partial charge >= 0.3 is 0 Å². The summed E-state index contributed by atoms with van der Waals surface area (Å²) in [4.78, 5) is 2.58. The fourth-order valence-electron chi connectivity index (χ4n) is 2.81. The van der Waals surface area contributed by atoms with E-state index in [1.165, 1.54) is 31.4 Å². The van der Waals surface area contributed by atoms with Crippen molar-refractivity contribution in [2.75, 3.05) is 33.4 Å². The fraction of sp³-hybridized carbons (Fsp3) is 0.625. The van der Waals surface area contributed by atoms with Gasteiger partial charge in [-0.25, -0.2) is 0 Å². The van der Waals surface area contributed by atoms with E-state index in [9.17, 15) is 0 Å². The normalized spacial score (nSPS) is 20.2. The number of likely N-dealkylation sites (tertiary alicyclic amines) is 1. The summed E-state index contributed by atoms with van der Waals surface area (Å²) >= 11 is 6.07. The lowest BCUT2D eigenvalue weighted by atomic mass is 10.0. The van der Waals surface area contributed by atoms with Crippen LogP contribution >= 0.6 is 11.6 Å². The first-order valence-electron chi connectivity index (χ1n) is 7.48. The molecular formula is C16H25ClN2O. The number of hydrogen-bond acceptors (Lipinski definition) is 3. The van der Waals surface area contributed by atoms with Crippen molar-refractivity contribution in [1.82, 2.24) is 10.2 Å². The number of methoxy groups -OCH3 is 1. The third kappa shape index (κ3) is 5.06. The van der Waals surface area contributed by atoms with Crippen molar-refractivity contribution in [2.24, 2.45) is 0 Å². The molecule has 1 aliphatic rings. The molecule has 1 unspecified atom stereocenters. The van der Waals surface area contributed by atoms with Gasteiger partial charge in [-0.15, -0.1) is 0 Å². The van der Waals surface area contributed by atoms with Gasteiger partial charge in [-0.1, -0.05) is 30.2 Å². The summed E-state index contributed by atoms with van der Waals surface area (Å²) < 4.78 is 5.08. The zero-order chi connectivity index (χ0) is 14.2. The maximum Gasteiger partial charge on any atom is 0.0587 e. The van der Waals surface area contributed by atoms with E-state index in [2.05, 4.69) is 22.3 Å². The molecule has 1 aromatic rings. The predicted octanol–water partition coefficient (Wildman–Crippen LogP) is 2.93. The second kappa shape index (κ2) is 8.63. The maximum atomic E-state index is 6.07. The number of nitrogens with zero attached hydrogens (tertiary/aromatic N) is 1. The molecule has 1 heterocycles. The van der Waals surface area contributed by atoms with Crippen LogP contribution in [-0.4, -0.2) is 44.3 Å². The van der Waals surface area contributed by atoms with Gasteiger partial charge in [0.05, 0.1) is 6.61 Å². The van der Waals surface area contributed by atoms with Crippen LogP contribution in [0.2, 0.25) is 5.02 Å². The van der Waals surface area contributed by atoms with Crippen molar-refractivity contribution in [3.8, 4) is 0 Å². The van der Waals surface area contributed by atoms with E-state index in [4.69, 9.17) is 16.3 Å². The molecule has 1 atom stereocenters. The Balaban J connectivity index is 1.86. The van der Waals surface area contributed by atoms with Gasteiger partial charge in [0.2, 0.25) is 0 Å². The second-order valence-electron chi connectivity index (χ2n) is 5.45. The van der Waals surface area contributed by atoms with Gasteiger partial charge in [-0.3, -0.25) is 4.90 Å². The molecule has 0 aromatic heterocycles. The topological polar surface area (TPSA) is 24.5 Å². The van der Waals surface area contributed by atoms with Gasteiger partial charge < -0.3 is 10.1 Å². The van der Waals surface area contributed by atoms with Gasteiger partial charge in [0, 0.05) is 37.8 Å².